The predicted octanol–water partition coefficient (Wildman–Crippen LogP) is 4.94. The van der Waals surface area contributed by atoms with Crippen LogP contribution in [0.25, 0.3) is 0 Å². The van der Waals surface area contributed by atoms with E-state index in [1.807, 2.05) is 30.3 Å². The first-order chi connectivity index (χ1) is 15.4. The van der Waals surface area contributed by atoms with E-state index < -0.39 is 47.4 Å². The van der Waals surface area contributed by atoms with E-state index in [1.165, 1.54) is 10.5 Å². The van der Waals surface area contributed by atoms with Crippen molar-refractivity contribution in [3.63, 3.8) is 0 Å². The lowest BCUT2D eigenvalue weighted by Gasteiger charge is -2.32. The summed E-state index contributed by atoms with van der Waals surface area (Å²) < 4.78 is 77.8. The van der Waals surface area contributed by atoms with Crippen molar-refractivity contribution in [2.45, 2.75) is 31.6 Å². The average Bonchev–Trinajstić information content (AvgIpc) is 2.77. The first-order valence-corrected chi connectivity index (χ1v) is 10.3. The van der Waals surface area contributed by atoms with Crippen molar-refractivity contribution in [3.8, 4) is 0 Å². The summed E-state index contributed by atoms with van der Waals surface area (Å²) in [5, 5.41) is 2.14. The highest BCUT2D eigenvalue weighted by Crippen LogP contribution is 2.36. The first-order valence-electron chi connectivity index (χ1n) is 10.3. The monoisotopic (exact) mass is 472 g/mol. The average molecular weight is 472 g/mol. The molecule has 10 heteroatoms. The molecule has 2 amide bonds. The fraction of sp³-hybridized carbons (Fsp3) is 0.391. The number of alkyl halides is 6. The van der Waals surface area contributed by atoms with E-state index in [9.17, 15) is 35.9 Å². The number of piperidine rings is 1. The molecule has 33 heavy (non-hydrogen) atoms. The number of halogens is 6. The third-order valence-corrected chi connectivity index (χ3v) is 5.58. The minimum Gasteiger partial charge on any atom is -0.343 e. The standard InChI is InChI=1S/C23H22F6N2O2/c24-22(25,26)18-11-17(12-19(13-18)23(27,28)29)21(33)30-14-20(32)31-8-6-16(7-9-31)10-15-4-2-1-3-5-15/h1-5,11-13,16H,6-10,14H2,(H,30,33). The van der Waals surface area contributed by atoms with Crippen LogP contribution in [0, 0.1) is 5.92 Å². The number of nitrogens with zero attached hydrogens (tertiary/aromatic N) is 1. The number of amides is 2. The number of benzene rings is 2. The molecule has 0 aliphatic carbocycles. The summed E-state index contributed by atoms with van der Waals surface area (Å²) in [5.74, 6) is -1.22. The molecule has 4 nitrogen and oxygen atoms in total. The number of carbonyl (C=O) groups is 2. The quantitative estimate of drug-likeness (QED) is 0.628. The molecule has 3 rings (SSSR count). The lowest BCUT2D eigenvalue weighted by molar-refractivity contribution is -0.143. The highest BCUT2D eigenvalue weighted by molar-refractivity contribution is 5.96. The third-order valence-electron chi connectivity index (χ3n) is 5.58. The Balaban J connectivity index is 1.57. The molecule has 1 aliphatic heterocycles. The van der Waals surface area contributed by atoms with Gasteiger partial charge in [-0.2, -0.15) is 26.3 Å². The number of hydrogen-bond acceptors (Lipinski definition) is 2. The number of rotatable bonds is 5. The molecule has 1 fully saturated rings. The summed E-state index contributed by atoms with van der Waals surface area (Å²) in [6.07, 6.45) is -7.71. The maximum Gasteiger partial charge on any atom is 0.416 e. The van der Waals surface area contributed by atoms with Crippen molar-refractivity contribution in [1.29, 1.82) is 0 Å². The van der Waals surface area contributed by atoms with Gasteiger partial charge >= 0.3 is 12.4 Å². The third kappa shape index (κ3) is 6.72. The molecule has 1 aliphatic rings. The zero-order valence-electron chi connectivity index (χ0n) is 17.5. The molecule has 178 valence electrons. The number of likely N-dealkylation sites (tertiary alicyclic amines) is 1. The van der Waals surface area contributed by atoms with Gasteiger partial charge in [-0.05, 0) is 48.9 Å². The van der Waals surface area contributed by atoms with Gasteiger partial charge in [-0.1, -0.05) is 30.3 Å². The van der Waals surface area contributed by atoms with E-state index in [0.717, 1.165) is 19.3 Å². The van der Waals surface area contributed by atoms with Gasteiger partial charge < -0.3 is 10.2 Å². The maximum atomic E-state index is 13.0. The smallest absolute Gasteiger partial charge is 0.343 e. The van der Waals surface area contributed by atoms with Gasteiger partial charge in [0, 0.05) is 18.7 Å². The number of carbonyl (C=O) groups excluding carboxylic acids is 2. The maximum absolute atomic E-state index is 13.0. The Hall–Kier alpha value is -3.04. The first kappa shape index (κ1) is 24.6. The minimum absolute atomic E-state index is 0.0540. The Labute approximate surface area is 186 Å². The molecule has 1 N–H and O–H groups in total. The van der Waals surface area contributed by atoms with E-state index in [1.54, 1.807) is 0 Å². The van der Waals surface area contributed by atoms with Crippen LogP contribution in [0.1, 0.15) is 39.9 Å². The Kier molecular flexibility index (Phi) is 7.34. The molecule has 2 aromatic carbocycles. The Morgan fingerprint density at radius 1 is 0.879 bits per heavy atom. The molecular formula is C23H22F6N2O2. The Bertz CT molecular complexity index is 948. The van der Waals surface area contributed by atoms with Crippen molar-refractivity contribution in [2.75, 3.05) is 19.6 Å². The molecule has 0 saturated carbocycles. The van der Waals surface area contributed by atoms with E-state index in [-0.39, 0.29) is 6.07 Å². The summed E-state index contributed by atoms with van der Waals surface area (Å²) >= 11 is 0. The highest BCUT2D eigenvalue weighted by atomic mass is 19.4. The molecule has 2 aromatic rings. The molecule has 0 unspecified atom stereocenters. The minimum atomic E-state index is -5.06. The molecule has 1 saturated heterocycles. The molecule has 1 heterocycles. The van der Waals surface area contributed by atoms with Crippen LogP contribution in [0.15, 0.2) is 48.5 Å². The van der Waals surface area contributed by atoms with E-state index in [4.69, 9.17) is 0 Å². The van der Waals surface area contributed by atoms with Crippen molar-refractivity contribution >= 4 is 11.8 Å². The topological polar surface area (TPSA) is 49.4 Å². The normalized spacial score (nSPS) is 15.4. The van der Waals surface area contributed by atoms with Crippen LogP contribution in [-0.2, 0) is 23.6 Å². The fourth-order valence-corrected chi connectivity index (χ4v) is 3.79. The van der Waals surface area contributed by atoms with Gasteiger partial charge in [0.25, 0.3) is 5.91 Å². The van der Waals surface area contributed by atoms with Gasteiger partial charge in [-0.15, -0.1) is 0 Å². The number of nitrogens with one attached hydrogen (secondary N) is 1. The van der Waals surface area contributed by atoms with Crippen LogP contribution in [0.2, 0.25) is 0 Å². The molecule has 0 spiro atoms. The lowest BCUT2D eigenvalue weighted by Crippen LogP contribution is -2.44. The summed E-state index contributed by atoms with van der Waals surface area (Å²) in [5.41, 5.74) is -2.79. The summed E-state index contributed by atoms with van der Waals surface area (Å²) in [4.78, 5) is 26.2. The van der Waals surface area contributed by atoms with E-state index in [2.05, 4.69) is 5.32 Å². The van der Waals surface area contributed by atoms with Crippen molar-refractivity contribution < 1.29 is 35.9 Å². The van der Waals surface area contributed by atoms with Gasteiger partial charge in [0.05, 0.1) is 17.7 Å². The molecule has 0 atom stereocenters. The fourth-order valence-electron chi connectivity index (χ4n) is 3.79. The molecule has 0 aromatic heterocycles. The van der Waals surface area contributed by atoms with E-state index in [0.29, 0.717) is 31.1 Å². The van der Waals surface area contributed by atoms with E-state index >= 15 is 0 Å². The van der Waals surface area contributed by atoms with Gasteiger partial charge in [-0.3, -0.25) is 9.59 Å². The second kappa shape index (κ2) is 9.84. The summed E-state index contributed by atoms with van der Waals surface area (Å²) in [6, 6.07) is 10.5. The van der Waals surface area contributed by atoms with Gasteiger partial charge in [0.2, 0.25) is 5.91 Å². The lowest BCUT2D eigenvalue weighted by atomic mass is 9.90. The van der Waals surface area contributed by atoms with Crippen LogP contribution >= 0.6 is 0 Å². The van der Waals surface area contributed by atoms with Crippen LogP contribution in [0.5, 0.6) is 0 Å². The zero-order chi connectivity index (χ0) is 24.2. The van der Waals surface area contributed by atoms with Gasteiger partial charge in [-0.25, -0.2) is 0 Å². The summed E-state index contributed by atoms with van der Waals surface area (Å²) in [6.45, 7) is 0.418. The van der Waals surface area contributed by atoms with Crippen molar-refractivity contribution in [3.05, 3.63) is 70.8 Å². The largest absolute Gasteiger partial charge is 0.416 e. The van der Waals surface area contributed by atoms with Crippen LogP contribution in [0.4, 0.5) is 26.3 Å². The highest BCUT2D eigenvalue weighted by Gasteiger charge is 2.37. The van der Waals surface area contributed by atoms with Crippen LogP contribution in [0.3, 0.4) is 0 Å². The SMILES string of the molecule is O=C(NCC(=O)N1CCC(Cc2ccccc2)CC1)c1cc(C(F)(F)F)cc(C(F)(F)F)c1. The second-order valence-electron chi connectivity index (χ2n) is 7.99. The number of hydrogen-bond donors (Lipinski definition) is 1. The van der Waals surface area contributed by atoms with Gasteiger partial charge in [0.1, 0.15) is 0 Å². The van der Waals surface area contributed by atoms with Gasteiger partial charge in [0.15, 0.2) is 0 Å². The Morgan fingerprint density at radius 2 is 1.42 bits per heavy atom. The second-order valence-corrected chi connectivity index (χ2v) is 7.99. The Morgan fingerprint density at radius 3 is 1.94 bits per heavy atom. The predicted molar refractivity (Wildman–Crippen MR) is 108 cm³/mol. The molecule has 0 radical (unpaired) electrons. The molecule has 0 bridgehead atoms. The van der Waals surface area contributed by atoms with Crippen LogP contribution in [-0.4, -0.2) is 36.3 Å². The summed E-state index contributed by atoms with van der Waals surface area (Å²) in [7, 11) is 0. The van der Waals surface area contributed by atoms with Crippen LogP contribution < -0.4 is 5.32 Å². The molecular weight excluding hydrogens is 450 g/mol. The zero-order valence-corrected chi connectivity index (χ0v) is 17.5. The van der Waals surface area contributed by atoms with Crippen molar-refractivity contribution in [1.82, 2.24) is 10.2 Å². The van der Waals surface area contributed by atoms with Crippen molar-refractivity contribution in [2.24, 2.45) is 5.92 Å².